The van der Waals surface area contributed by atoms with Gasteiger partial charge in [0.2, 0.25) is 5.91 Å². The number of carbonyl (C=O) groups excluding carboxylic acids is 2. The van der Waals surface area contributed by atoms with E-state index in [4.69, 9.17) is 15.6 Å². The molecule has 116 valence electrons. The van der Waals surface area contributed by atoms with Crippen LogP contribution >= 0.6 is 0 Å². The van der Waals surface area contributed by atoms with E-state index in [1.165, 1.54) is 0 Å². The van der Waals surface area contributed by atoms with Gasteiger partial charge >= 0.3 is 0 Å². The number of carbonyl (C=O) groups is 2. The maximum absolute atomic E-state index is 11.5. The van der Waals surface area contributed by atoms with E-state index in [0.717, 1.165) is 0 Å². The van der Waals surface area contributed by atoms with Crippen molar-refractivity contribution in [3.63, 3.8) is 0 Å². The van der Waals surface area contributed by atoms with Crippen LogP contribution in [0.1, 0.15) is 44.5 Å². The Morgan fingerprint density at radius 3 is 2.38 bits per heavy atom. The average molecular weight is 293 g/mol. The van der Waals surface area contributed by atoms with Crippen LogP contribution in [0.25, 0.3) is 0 Å². The number of hydrogen-bond donors (Lipinski definition) is 2. The average Bonchev–Trinajstić information content (AvgIpc) is 2.35. The highest BCUT2D eigenvalue weighted by Crippen LogP contribution is 2.31. The standard InChI is InChI=1S/C16H23NO4/c1-15(2,14(17)20)10-16(3,4)21-12-7-5-6-11(8-12)13(19)9-18/h5-8,18H,9-10H2,1-4H3,(H2,17,20). The lowest BCUT2D eigenvalue weighted by Gasteiger charge is -2.33. The van der Waals surface area contributed by atoms with E-state index in [0.29, 0.717) is 17.7 Å². The van der Waals surface area contributed by atoms with Gasteiger partial charge in [-0.3, -0.25) is 9.59 Å². The zero-order valence-corrected chi connectivity index (χ0v) is 13.0. The molecule has 0 heterocycles. The van der Waals surface area contributed by atoms with Crippen LogP contribution in [-0.4, -0.2) is 29.0 Å². The first-order valence-electron chi connectivity index (χ1n) is 6.80. The Bertz CT molecular complexity index is 535. The highest BCUT2D eigenvalue weighted by molar-refractivity contribution is 5.97. The highest BCUT2D eigenvalue weighted by Gasteiger charge is 2.34. The fraction of sp³-hybridized carbons (Fsp3) is 0.500. The van der Waals surface area contributed by atoms with Crippen LogP contribution in [-0.2, 0) is 4.79 Å². The summed E-state index contributed by atoms with van der Waals surface area (Å²) in [6.45, 7) is 6.72. The Morgan fingerprint density at radius 1 is 1.24 bits per heavy atom. The van der Waals surface area contributed by atoms with Crippen LogP contribution in [0.15, 0.2) is 24.3 Å². The second kappa shape index (κ2) is 6.26. The van der Waals surface area contributed by atoms with Gasteiger partial charge in [-0.2, -0.15) is 0 Å². The van der Waals surface area contributed by atoms with Gasteiger partial charge < -0.3 is 15.6 Å². The lowest BCUT2D eigenvalue weighted by molar-refractivity contribution is -0.128. The third-order valence-corrected chi connectivity index (χ3v) is 3.23. The van der Waals surface area contributed by atoms with Crippen LogP contribution in [0.2, 0.25) is 0 Å². The van der Waals surface area contributed by atoms with Crippen molar-refractivity contribution in [3.8, 4) is 5.75 Å². The van der Waals surface area contributed by atoms with Gasteiger partial charge in [0.25, 0.3) is 0 Å². The summed E-state index contributed by atoms with van der Waals surface area (Å²) in [7, 11) is 0. The second-order valence-electron chi connectivity index (χ2n) is 6.40. The van der Waals surface area contributed by atoms with E-state index in [2.05, 4.69) is 0 Å². The topological polar surface area (TPSA) is 89.6 Å². The van der Waals surface area contributed by atoms with E-state index < -0.39 is 17.6 Å². The van der Waals surface area contributed by atoms with E-state index in [-0.39, 0.29) is 11.7 Å². The Morgan fingerprint density at radius 2 is 1.86 bits per heavy atom. The summed E-state index contributed by atoms with van der Waals surface area (Å²) in [5, 5.41) is 8.88. The monoisotopic (exact) mass is 293 g/mol. The molecule has 0 fully saturated rings. The first-order chi connectivity index (χ1) is 9.57. The third kappa shape index (κ3) is 4.86. The Kier molecular flexibility index (Phi) is 5.12. The number of aliphatic hydroxyl groups is 1. The van der Waals surface area contributed by atoms with Crippen molar-refractivity contribution in [2.24, 2.45) is 11.1 Å². The largest absolute Gasteiger partial charge is 0.488 e. The number of benzene rings is 1. The molecule has 0 aromatic heterocycles. The van der Waals surface area contributed by atoms with Gasteiger partial charge in [-0.1, -0.05) is 26.0 Å². The van der Waals surface area contributed by atoms with Gasteiger partial charge in [-0.05, 0) is 26.0 Å². The molecule has 0 aliphatic carbocycles. The molecule has 0 unspecified atom stereocenters. The van der Waals surface area contributed by atoms with Crippen molar-refractivity contribution in [2.45, 2.75) is 39.7 Å². The Balaban J connectivity index is 2.89. The fourth-order valence-electron chi connectivity index (χ4n) is 2.33. The Hall–Kier alpha value is -1.88. The molecule has 1 aromatic rings. The van der Waals surface area contributed by atoms with Gasteiger partial charge in [-0.25, -0.2) is 0 Å². The zero-order chi connectivity index (χ0) is 16.3. The molecule has 0 aliphatic rings. The molecule has 5 heteroatoms. The summed E-state index contributed by atoms with van der Waals surface area (Å²) in [4.78, 5) is 22.9. The number of ketones is 1. The smallest absolute Gasteiger partial charge is 0.223 e. The second-order valence-corrected chi connectivity index (χ2v) is 6.40. The van der Waals surface area contributed by atoms with Gasteiger partial charge in [0, 0.05) is 17.4 Å². The van der Waals surface area contributed by atoms with E-state index >= 15 is 0 Å². The number of primary amides is 1. The molecule has 0 saturated heterocycles. The molecule has 3 N–H and O–H groups in total. The van der Waals surface area contributed by atoms with Crippen LogP contribution in [0.3, 0.4) is 0 Å². The van der Waals surface area contributed by atoms with Crippen molar-refractivity contribution in [1.29, 1.82) is 0 Å². The predicted octanol–water partition coefficient (Wildman–Crippen LogP) is 1.92. The molecule has 1 aromatic carbocycles. The normalized spacial score (nSPS) is 12.0. The quantitative estimate of drug-likeness (QED) is 0.752. The summed E-state index contributed by atoms with van der Waals surface area (Å²) in [6, 6.07) is 6.62. The van der Waals surface area contributed by atoms with E-state index in [9.17, 15) is 9.59 Å². The summed E-state index contributed by atoms with van der Waals surface area (Å²) in [5.41, 5.74) is 4.46. The molecule has 0 aliphatic heterocycles. The van der Waals surface area contributed by atoms with Crippen LogP contribution < -0.4 is 10.5 Å². The third-order valence-electron chi connectivity index (χ3n) is 3.23. The number of aliphatic hydroxyl groups excluding tert-OH is 1. The molecular weight excluding hydrogens is 270 g/mol. The zero-order valence-electron chi connectivity index (χ0n) is 13.0. The molecule has 0 spiro atoms. The predicted molar refractivity (Wildman–Crippen MR) is 80.2 cm³/mol. The van der Waals surface area contributed by atoms with Crippen molar-refractivity contribution in [2.75, 3.05) is 6.61 Å². The van der Waals surface area contributed by atoms with Gasteiger partial charge in [0.05, 0.1) is 0 Å². The van der Waals surface area contributed by atoms with E-state index in [1.54, 1.807) is 38.1 Å². The Labute approximate surface area is 125 Å². The SMILES string of the molecule is CC(C)(CC(C)(C)C(N)=O)Oc1cccc(C(=O)CO)c1. The van der Waals surface area contributed by atoms with Crippen LogP contribution in [0.4, 0.5) is 0 Å². The summed E-state index contributed by atoms with van der Waals surface area (Å²) < 4.78 is 5.88. The van der Waals surface area contributed by atoms with Crippen molar-refractivity contribution < 1.29 is 19.4 Å². The number of rotatable bonds is 7. The van der Waals surface area contributed by atoms with Crippen LogP contribution in [0, 0.1) is 5.41 Å². The maximum Gasteiger partial charge on any atom is 0.223 e. The minimum Gasteiger partial charge on any atom is -0.488 e. The molecule has 0 atom stereocenters. The fourth-order valence-corrected chi connectivity index (χ4v) is 2.33. The molecular formula is C16H23NO4. The molecule has 1 rings (SSSR count). The van der Waals surface area contributed by atoms with Gasteiger partial charge in [-0.15, -0.1) is 0 Å². The van der Waals surface area contributed by atoms with Crippen LogP contribution in [0.5, 0.6) is 5.75 Å². The molecule has 21 heavy (non-hydrogen) atoms. The van der Waals surface area contributed by atoms with E-state index in [1.807, 2.05) is 13.8 Å². The summed E-state index contributed by atoms with van der Waals surface area (Å²) >= 11 is 0. The number of nitrogens with two attached hydrogens (primary N) is 1. The van der Waals surface area contributed by atoms with Gasteiger partial charge in [0.1, 0.15) is 18.0 Å². The first-order valence-corrected chi connectivity index (χ1v) is 6.80. The van der Waals surface area contributed by atoms with Crippen molar-refractivity contribution in [1.82, 2.24) is 0 Å². The highest BCUT2D eigenvalue weighted by atomic mass is 16.5. The molecule has 0 saturated carbocycles. The number of ether oxygens (including phenoxy) is 1. The number of Topliss-reactive ketones (excluding diaryl/α,β-unsaturated/α-hetero) is 1. The van der Waals surface area contributed by atoms with Crippen molar-refractivity contribution in [3.05, 3.63) is 29.8 Å². The molecule has 0 bridgehead atoms. The van der Waals surface area contributed by atoms with Gasteiger partial charge in [0.15, 0.2) is 5.78 Å². The lowest BCUT2D eigenvalue weighted by Crippen LogP contribution is -2.41. The molecule has 1 amide bonds. The minimum atomic E-state index is -0.692. The lowest BCUT2D eigenvalue weighted by atomic mass is 9.81. The molecule has 5 nitrogen and oxygen atoms in total. The number of hydrogen-bond acceptors (Lipinski definition) is 4. The number of amides is 1. The first kappa shape index (κ1) is 17.2. The van der Waals surface area contributed by atoms with Crippen molar-refractivity contribution >= 4 is 11.7 Å². The summed E-state index contributed by atoms with van der Waals surface area (Å²) in [5.74, 6) is -0.237. The molecule has 0 radical (unpaired) electrons. The maximum atomic E-state index is 11.5. The minimum absolute atomic E-state index is 0.365. The summed E-state index contributed by atoms with van der Waals surface area (Å²) in [6.07, 6.45) is 0.438.